The van der Waals surface area contributed by atoms with Crippen molar-refractivity contribution in [2.75, 3.05) is 0 Å². The number of hydrogen-bond donors (Lipinski definition) is 0. The van der Waals surface area contributed by atoms with Gasteiger partial charge in [0.2, 0.25) is 0 Å². The first kappa shape index (κ1) is 32.5. The van der Waals surface area contributed by atoms with Crippen molar-refractivity contribution in [2.24, 2.45) is 0 Å². The molecule has 0 N–H and O–H groups in total. The summed E-state index contributed by atoms with van der Waals surface area (Å²) in [5.74, 6) is 0. The fourth-order valence-corrected chi connectivity index (χ4v) is 0.393. The van der Waals surface area contributed by atoms with Crippen LogP contribution < -0.4 is 0 Å². The molecule has 0 aromatic heterocycles. The van der Waals surface area contributed by atoms with Gasteiger partial charge in [0, 0.05) is 20.8 Å². The molecule has 0 aromatic rings. The van der Waals surface area contributed by atoms with Crippen molar-refractivity contribution in [3.05, 3.63) is 24.3 Å². The standard InChI is InChI=1S/C5H6.3C2H3N.F6P.Ru/c1-2-4-5-3-1;3*1-2-3;1-7(2,3,4,5)6;/h1-4H,5H2;3*1H3;;/q;;;;-1;+1. The molecule has 1 aliphatic carbocycles. The number of nitrogens with zero attached hydrogens (tertiary/aromatic N) is 3. The Morgan fingerprint density at radius 2 is 0.864 bits per heavy atom. The van der Waals surface area contributed by atoms with Crippen molar-refractivity contribution in [3.63, 3.8) is 0 Å². The molecule has 22 heavy (non-hydrogen) atoms. The summed E-state index contributed by atoms with van der Waals surface area (Å²) >= 11 is 0. The molecule has 3 nitrogen and oxygen atoms in total. The summed E-state index contributed by atoms with van der Waals surface area (Å²) in [7, 11) is -10.7. The Kier molecular flexibility index (Phi) is 21.5. The normalized spacial score (nSPS) is 12.5. The molecule has 0 atom stereocenters. The van der Waals surface area contributed by atoms with E-state index in [2.05, 4.69) is 24.3 Å². The molecule has 0 saturated carbocycles. The van der Waals surface area contributed by atoms with Gasteiger partial charge in [0.05, 0.1) is 18.2 Å². The Bertz CT molecular complexity index is 387. The quantitative estimate of drug-likeness (QED) is 0.249. The summed E-state index contributed by atoms with van der Waals surface area (Å²) in [6.07, 6.45) is 9.50. The van der Waals surface area contributed by atoms with E-state index < -0.39 is 7.81 Å². The van der Waals surface area contributed by atoms with Crippen LogP contribution in [0.4, 0.5) is 25.2 Å². The summed E-state index contributed by atoms with van der Waals surface area (Å²) in [6, 6.07) is 5.25. The zero-order chi connectivity index (χ0) is 18.1. The average molecular weight is 435 g/mol. The van der Waals surface area contributed by atoms with Crippen LogP contribution in [0.1, 0.15) is 27.2 Å². The van der Waals surface area contributed by atoms with Crippen LogP contribution in [0.5, 0.6) is 0 Å². The maximum Gasteiger partial charge on any atom is 1.00 e. The Hall–Kier alpha value is -1.42. The maximum atomic E-state index is 9.87. The van der Waals surface area contributed by atoms with Crippen molar-refractivity contribution in [1.82, 2.24) is 0 Å². The van der Waals surface area contributed by atoms with Gasteiger partial charge in [-0.3, -0.25) is 0 Å². The third-order valence-electron chi connectivity index (χ3n) is 0.655. The predicted molar refractivity (Wildman–Crippen MR) is 70.3 cm³/mol. The Morgan fingerprint density at radius 1 is 0.727 bits per heavy atom. The van der Waals surface area contributed by atoms with Gasteiger partial charge >= 0.3 is 52.5 Å². The molecule has 1 aliphatic rings. The first-order valence-electron chi connectivity index (χ1n) is 5.00. The molecule has 0 heterocycles. The van der Waals surface area contributed by atoms with E-state index in [1.165, 1.54) is 20.8 Å². The van der Waals surface area contributed by atoms with E-state index in [-0.39, 0.29) is 19.5 Å². The van der Waals surface area contributed by atoms with E-state index in [4.69, 9.17) is 15.8 Å². The Balaban J connectivity index is -0.0000000572. The van der Waals surface area contributed by atoms with Crippen LogP contribution in [0.25, 0.3) is 0 Å². The van der Waals surface area contributed by atoms with Gasteiger partial charge in [0.25, 0.3) is 0 Å². The molecule has 11 heteroatoms. The van der Waals surface area contributed by atoms with Gasteiger partial charge in [-0.05, 0) is 6.42 Å². The van der Waals surface area contributed by atoms with E-state index in [0.29, 0.717) is 0 Å². The molecule has 0 aromatic carbocycles. The summed E-state index contributed by atoms with van der Waals surface area (Å²) < 4.78 is 59.2. The molecule has 129 valence electrons. The van der Waals surface area contributed by atoms with Gasteiger partial charge in [0.1, 0.15) is 0 Å². The van der Waals surface area contributed by atoms with Gasteiger partial charge in [0.15, 0.2) is 0 Å². The fraction of sp³-hybridized carbons (Fsp3) is 0.364. The van der Waals surface area contributed by atoms with Crippen LogP contribution in [-0.2, 0) is 19.5 Å². The Morgan fingerprint density at radius 3 is 0.909 bits per heavy atom. The molecule has 1 radical (unpaired) electrons. The number of rotatable bonds is 0. The van der Waals surface area contributed by atoms with E-state index in [0.717, 1.165) is 6.42 Å². The molecule has 0 aliphatic heterocycles. The van der Waals surface area contributed by atoms with Gasteiger partial charge in [-0.15, -0.1) is 0 Å². The van der Waals surface area contributed by atoms with Gasteiger partial charge in [-0.2, -0.15) is 15.8 Å². The third kappa shape index (κ3) is 447. The second kappa shape index (κ2) is 14.5. The van der Waals surface area contributed by atoms with Crippen molar-refractivity contribution in [2.45, 2.75) is 27.2 Å². The molecule has 0 fully saturated rings. The van der Waals surface area contributed by atoms with Crippen LogP contribution >= 0.6 is 7.81 Å². The minimum atomic E-state index is -10.7. The summed E-state index contributed by atoms with van der Waals surface area (Å²) in [6.45, 7) is 4.29. The number of hydrogen-bond acceptors (Lipinski definition) is 3. The molecule has 0 bridgehead atoms. The predicted octanol–water partition coefficient (Wildman–Crippen LogP) is 6.47. The van der Waals surface area contributed by atoms with Crippen molar-refractivity contribution < 1.29 is 44.7 Å². The zero-order valence-electron chi connectivity index (χ0n) is 11.9. The second-order valence-corrected chi connectivity index (χ2v) is 4.64. The molecular formula is C11H15F6N3PRu. The van der Waals surface area contributed by atoms with Crippen molar-refractivity contribution in [3.8, 4) is 18.2 Å². The molecule has 0 amide bonds. The van der Waals surface area contributed by atoms with E-state index in [1.807, 2.05) is 0 Å². The van der Waals surface area contributed by atoms with Crippen LogP contribution in [0.2, 0.25) is 0 Å². The zero-order valence-corrected chi connectivity index (χ0v) is 14.6. The molecule has 1 rings (SSSR count). The summed E-state index contributed by atoms with van der Waals surface area (Å²) in [4.78, 5) is 0. The van der Waals surface area contributed by atoms with Crippen LogP contribution in [0.3, 0.4) is 0 Å². The number of nitriles is 3. The smallest absolute Gasteiger partial charge is 1.00 e. The van der Waals surface area contributed by atoms with Crippen LogP contribution in [0.15, 0.2) is 24.3 Å². The SMILES string of the molecule is C1=CCC=C1.CC#N.CC#N.CC#N.F[P-](F)(F)(F)(F)F.[Ru+]. The molecule has 0 spiro atoms. The van der Waals surface area contributed by atoms with Gasteiger partial charge < -0.3 is 0 Å². The van der Waals surface area contributed by atoms with E-state index in [1.54, 1.807) is 18.2 Å². The first-order valence-corrected chi connectivity index (χ1v) is 7.03. The van der Waals surface area contributed by atoms with Gasteiger partial charge in [-0.1, -0.05) is 24.3 Å². The van der Waals surface area contributed by atoms with Crippen molar-refractivity contribution in [1.29, 1.82) is 15.8 Å². The molecule has 0 saturated heterocycles. The Labute approximate surface area is 138 Å². The summed E-state index contributed by atoms with van der Waals surface area (Å²) in [5, 5.41) is 22.0. The minimum Gasteiger partial charge on any atom is 1.00 e. The second-order valence-electron chi connectivity index (χ2n) is 2.72. The maximum absolute atomic E-state index is 10.7. The van der Waals surface area contributed by atoms with Crippen LogP contribution in [-0.4, -0.2) is 0 Å². The minimum absolute atomic E-state index is 0. The van der Waals surface area contributed by atoms with E-state index >= 15 is 0 Å². The summed E-state index contributed by atoms with van der Waals surface area (Å²) in [5.41, 5.74) is 0. The molecule has 0 unspecified atom stereocenters. The largest absolute Gasteiger partial charge is 1.00 e. The van der Waals surface area contributed by atoms with Gasteiger partial charge in [-0.25, -0.2) is 0 Å². The topological polar surface area (TPSA) is 71.4 Å². The van der Waals surface area contributed by atoms with E-state index in [9.17, 15) is 25.2 Å². The number of halogens is 6. The van der Waals surface area contributed by atoms with Crippen molar-refractivity contribution >= 4 is 7.81 Å². The molecular weight excluding hydrogens is 420 g/mol. The van der Waals surface area contributed by atoms with Crippen LogP contribution in [0, 0.1) is 34.0 Å². The number of allylic oxidation sites excluding steroid dienone is 4. The third-order valence-corrected chi connectivity index (χ3v) is 0.655. The fourth-order valence-electron chi connectivity index (χ4n) is 0.393. The monoisotopic (exact) mass is 436 g/mol. The first-order chi connectivity index (χ1) is 9.19. The average Bonchev–Trinajstić information content (AvgIpc) is 2.72.